The first-order valence-corrected chi connectivity index (χ1v) is 20.4. The standard InChI is InChI=1S/C36H61NO5Si/c1-10-36(40)19-21-37(22-20-36)31(38)32(39)41-24(2)28-13-14-29-27-12-11-25-23-26(42-43(8,9)33(3,4)5)15-17-34(25,6)30(27)16-18-35(28,29)7/h11,24,26-30,40H,10,12-23H2,1-9H3/t24-,26-,27-,28+,29-,30-,34-,35+/m0/s1. The summed E-state index contributed by atoms with van der Waals surface area (Å²) in [5.74, 6) is 1.07. The highest BCUT2D eigenvalue weighted by Crippen LogP contribution is 2.67. The summed E-state index contributed by atoms with van der Waals surface area (Å²) in [7, 11) is -1.79. The van der Waals surface area contributed by atoms with E-state index in [0.717, 1.165) is 18.8 Å². The Kier molecular flexibility index (Phi) is 8.92. The van der Waals surface area contributed by atoms with Gasteiger partial charge in [-0.3, -0.25) is 4.79 Å². The second-order valence-corrected chi connectivity index (χ2v) is 22.0. The maximum Gasteiger partial charge on any atom is 0.397 e. The van der Waals surface area contributed by atoms with Gasteiger partial charge in [0.25, 0.3) is 0 Å². The molecule has 5 aliphatic rings. The van der Waals surface area contributed by atoms with Crippen molar-refractivity contribution in [1.82, 2.24) is 4.90 Å². The number of carbonyl (C=O) groups excluding carboxylic acids is 2. The lowest BCUT2D eigenvalue weighted by atomic mass is 9.47. The lowest BCUT2D eigenvalue weighted by Crippen LogP contribution is -2.52. The molecule has 3 saturated carbocycles. The van der Waals surface area contributed by atoms with E-state index < -0.39 is 25.8 Å². The Morgan fingerprint density at radius 3 is 2.35 bits per heavy atom. The summed E-state index contributed by atoms with van der Waals surface area (Å²) in [6.07, 6.45) is 13.8. The molecule has 1 aliphatic heterocycles. The summed E-state index contributed by atoms with van der Waals surface area (Å²) < 4.78 is 12.9. The lowest BCUT2D eigenvalue weighted by molar-refractivity contribution is -0.169. The Bertz CT molecular complexity index is 1100. The number of hydrogen-bond donors (Lipinski definition) is 1. The topological polar surface area (TPSA) is 76.1 Å². The summed E-state index contributed by atoms with van der Waals surface area (Å²) in [5.41, 5.74) is 1.36. The lowest BCUT2D eigenvalue weighted by Gasteiger charge is -2.58. The number of likely N-dealkylation sites (tertiary alicyclic amines) is 1. The first-order valence-electron chi connectivity index (χ1n) is 17.5. The third-order valence-corrected chi connectivity index (χ3v) is 18.6. The number of piperidine rings is 1. The number of aliphatic hydroxyl groups is 1. The Balaban J connectivity index is 1.22. The van der Waals surface area contributed by atoms with Gasteiger partial charge in [0.1, 0.15) is 6.10 Å². The summed E-state index contributed by atoms with van der Waals surface area (Å²) in [4.78, 5) is 27.6. The van der Waals surface area contributed by atoms with Gasteiger partial charge in [0.15, 0.2) is 8.32 Å². The molecule has 1 N–H and O–H groups in total. The number of esters is 1. The average molecular weight is 616 g/mol. The maximum atomic E-state index is 13.0. The Morgan fingerprint density at radius 2 is 1.72 bits per heavy atom. The van der Waals surface area contributed by atoms with E-state index in [-0.39, 0.29) is 27.9 Å². The van der Waals surface area contributed by atoms with Crippen molar-refractivity contribution in [2.24, 2.45) is 34.5 Å². The predicted octanol–water partition coefficient (Wildman–Crippen LogP) is 7.65. The molecule has 5 rings (SSSR count). The highest BCUT2D eigenvalue weighted by atomic mass is 28.4. The van der Waals surface area contributed by atoms with E-state index in [4.69, 9.17) is 9.16 Å². The fourth-order valence-corrected chi connectivity index (χ4v) is 11.4. The number of hydrogen-bond acceptors (Lipinski definition) is 5. The zero-order valence-electron chi connectivity index (χ0n) is 28.8. The van der Waals surface area contributed by atoms with Crippen LogP contribution in [-0.2, 0) is 18.8 Å². The molecule has 0 bridgehead atoms. The summed E-state index contributed by atoms with van der Waals surface area (Å²) in [5, 5.41) is 10.8. The second kappa shape index (κ2) is 11.6. The molecule has 1 heterocycles. The summed E-state index contributed by atoms with van der Waals surface area (Å²) in [6.45, 7) is 21.6. The first-order chi connectivity index (χ1) is 19.9. The molecule has 43 heavy (non-hydrogen) atoms. The van der Waals surface area contributed by atoms with Crippen LogP contribution in [0.1, 0.15) is 119 Å². The largest absolute Gasteiger partial charge is 0.455 e. The fourth-order valence-electron chi connectivity index (χ4n) is 10.0. The fraction of sp³-hybridized carbons (Fsp3) is 0.889. The van der Waals surface area contributed by atoms with Gasteiger partial charge in [-0.2, -0.15) is 0 Å². The van der Waals surface area contributed by atoms with Crippen LogP contribution in [0, 0.1) is 34.5 Å². The van der Waals surface area contributed by atoms with Crippen molar-refractivity contribution in [3.8, 4) is 0 Å². The van der Waals surface area contributed by atoms with E-state index in [0.29, 0.717) is 50.3 Å². The van der Waals surface area contributed by atoms with Crippen LogP contribution in [0.3, 0.4) is 0 Å². The van der Waals surface area contributed by atoms with E-state index in [9.17, 15) is 14.7 Å². The monoisotopic (exact) mass is 615 g/mol. The van der Waals surface area contributed by atoms with Crippen LogP contribution in [-0.4, -0.2) is 61.1 Å². The summed E-state index contributed by atoms with van der Waals surface area (Å²) in [6, 6.07) is 0. The predicted molar refractivity (Wildman–Crippen MR) is 174 cm³/mol. The number of nitrogens with zero attached hydrogens (tertiary/aromatic N) is 1. The van der Waals surface area contributed by atoms with Crippen molar-refractivity contribution in [1.29, 1.82) is 0 Å². The molecule has 1 amide bonds. The molecule has 4 aliphatic carbocycles. The molecule has 4 fully saturated rings. The van der Waals surface area contributed by atoms with Crippen LogP contribution < -0.4 is 0 Å². The van der Waals surface area contributed by atoms with Crippen LogP contribution in [0.15, 0.2) is 11.6 Å². The molecular weight excluding hydrogens is 554 g/mol. The van der Waals surface area contributed by atoms with Crippen molar-refractivity contribution in [3.05, 3.63) is 11.6 Å². The van der Waals surface area contributed by atoms with E-state index in [1.54, 1.807) is 10.5 Å². The molecule has 244 valence electrons. The number of carbonyl (C=O) groups is 2. The van der Waals surface area contributed by atoms with Gasteiger partial charge >= 0.3 is 11.9 Å². The highest BCUT2D eigenvalue weighted by Gasteiger charge is 2.60. The van der Waals surface area contributed by atoms with Crippen LogP contribution in [0.25, 0.3) is 0 Å². The highest BCUT2D eigenvalue weighted by molar-refractivity contribution is 6.74. The van der Waals surface area contributed by atoms with Crippen molar-refractivity contribution >= 4 is 20.2 Å². The number of amides is 1. The number of ether oxygens (including phenoxy) is 1. The molecule has 0 aromatic carbocycles. The van der Waals surface area contributed by atoms with Crippen LogP contribution in [0.2, 0.25) is 18.1 Å². The third kappa shape index (κ3) is 5.93. The van der Waals surface area contributed by atoms with Gasteiger partial charge in [-0.25, -0.2) is 4.79 Å². The molecule has 8 atom stereocenters. The van der Waals surface area contributed by atoms with E-state index in [1.165, 1.54) is 38.5 Å². The van der Waals surface area contributed by atoms with Gasteiger partial charge < -0.3 is 19.2 Å². The van der Waals surface area contributed by atoms with Crippen LogP contribution in [0.5, 0.6) is 0 Å². The van der Waals surface area contributed by atoms with Crippen molar-refractivity contribution in [3.63, 3.8) is 0 Å². The van der Waals surface area contributed by atoms with Gasteiger partial charge in [-0.1, -0.05) is 53.2 Å². The summed E-state index contributed by atoms with van der Waals surface area (Å²) >= 11 is 0. The van der Waals surface area contributed by atoms with Gasteiger partial charge in [-0.15, -0.1) is 0 Å². The van der Waals surface area contributed by atoms with Crippen molar-refractivity contribution < 1.29 is 23.9 Å². The van der Waals surface area contributed by atoms with Crippen LogP contribution in [0.4, 0.5) is 0 Å². The zero-order valence-corrected chi connectivity index (χ0v) is 29.8. The van der Waals surface area contributed by atoms with Gasteiger partial charge in [0.2, 0.25) is 0 Å². The molecular formula is C36H61NO5Si. The normalized spacial score (nSPS) is 38.3. The Morgan fingerprint density at radius 1 is 1.05 bits per heavy atom. The first kappa shape index (κ1) is 33.2. The van der Waals surface area contributed by atoms with Gasteiger partial charge in [-0.05, 0) is 124 Å². The molecule has 7 heteroatoms. The van der Waals surface area contributed by atoms with Crippen molar-refractivity contribution in [2.75, 3.05) is 13.1 Å². The molecule has 0 unspecified atom stereocenters. The minimum atomic E-state index is -1.79. The zero-order chi connectivity index (χ0) is 31.6. The molecule has 0 aromatic rings. The molecule has 0 spiro atoms. The smallest absolute Gasteiger partial charge is 0.397 e. The Labute approximate surface area is 262 Å². The van der Waals surface area contributed by atoms with Crippen molar-refractivity contribution in [2.45, 2.75) is 155 Å². The third-order valence-electron chi connectivity index (χ3n) is 14.1. The number of rotatable bonds is 5. The number of allylic oxidation sites excluding steroid dienone is 1. The molecule has 0 aromatic heterocycles. The SMILES string of the molecule is CCC1(O)CCN(C(=O)C(=O)O[C@@H](C)[C@H]2CC[C@H]3[C@@H]4CC=C5C[C@@H](O[Si](C)(C)C(C)(C)C)CC[C@]5(C)[C@H]4CC[C@]23C)CC1. The van der Waals surface area contributed by atoms with Crippen LogP contribution >= 0.6 is 0 Å². The van der Waals surface area contributed by atoms with E-state index in [1.807, 2.05) is 13.8 Å². The maximum absolute atomic E-state index is 13.0. The van der Waals surface area contributed by atoms with Gasteiger partial charge in [0, 0.05) is 25.1 Å². The second-order valence-electron chi connectivity index (χ2n) is 17.2. The van der Waals surface area contributed by atoms with Gasteiger partial charge in [0.05, 0.1) is 5.60 Å². The average Bonchev–Trinajstić information content (AvgIpc) is 3.30. The molecule has 0 radical (unpaired) electrons. The van der Waals surface area contributed by atoms with E-state index >= 15 is 0 Å². The van der Waals surface area contributed by atoms with E-state index in [2.05, 4.69) is 53.8 Å². The number of fused-ring (bicyclic) bond motifs is 5. The minimum absolute atomic E-state index is 0.136. The minimum Gasteiger partial charge on any atom is -0.455 e. The molecule has 6 nitrogen and oxygen atoms in total. The molecule has 1 saturated heterocycles. The quantitative estimate of drug-likeness (QED) is 0.149. The Hall–Kier alpha value is -1.18.